The second-order valence-corrected chi connectivity index (χ2v) is 4.18. The van der Waals surface area contributed by atoms with Crippen molar-refractivity contribution in [2.24, 2.45) is 5.28 Å². The summed E-state index contributed by atoms with van der Waals surface area (Å²) in [5.41, 5.74) is 0.341. The lowest BCUT2D eigenvalue weighted by molar-refractivity contribution is -0.729. The van der Waals surface area contributed by atoms with Gasteiger partial charge in [-0.25, -0.2) is 9.59 Å². The summed E-state index contributed by atoms with van der Waals surface area (Å²) in [7, 11) is 0. The molecular weight excluding hydrogens is 282 g/mol. The number of carbonyl (C=O) groups excluding carboxylic acids is 1. The maximum absolute atomic E-state index is 11.5. The first-order valence-electron chi connectivity index (χ1n) is 6.11. The summed E-state index contributed by atoms with van der Waals surface area (Å²) in [4.78, 5) is 26.8. The number of aliphatic carboxylic acids is 1. The molecule has 0 unspecified atom stereocenters. The molecule has 1 atom stereocenters. The predicted molar refractivity (Wildman–Crippen MR) is 66.6 cm³/mol. The first-order chi connectivity index (χ1) is 10.1. The van der Waals surface area contributed by atoms with E-state index in [4.69, 9.17) is 9.84 Å². The highest BCUT2D eigenvalue weighted by molar-refractivity contribution is 5.89. The molecule has 1 saturated heterocycles. The smallest absolute Gasteiger partial charge is 0.341 e. The van der Waals surface area contributed by atoms with Crippen molar-refractivity contribution in [1.82, 2.24) is 5.01 Å². The van der Waals surface area contributed by atoms with Crippen molar-refractivity contribution < 1.29 is 29.2 Å². The van der Waals surface area contributed by atoms with Crippen LogP contribution in [-0.4, -0.2) is 46.4 Å². The van der Waals surface area contributed by atoms with E-state index in [1.54, 1.807) is 30.3 Å². The summed E-state index contributed by atoms with van der Waals surface area (Å²) >= 11 is 0. The predicted octanol–water partition coefficient (Wildman–Crippen LogP) is 0.769. The average Bonchev–Trinajstić information content (AvgIpc) is 2.42. The molecule has 9 nitrogen and oxygen atoms in total. The number of rotatable bonds is 6. The molecule has 2 rings (SSSR count). The fourth-order valence-electron chi connectivity index (χ4n) is 1.69. The Hall–Kier alpha value is -2.84. The van der Waals surface area contributed by atoms with Gasteiger partial charge in [0.15, 0.2) is 6.04 Å². The van der Waals surface area contributed by atoms with Crippen molar-refractivity contribution >= 4 is 11.9 Å². The average molecular weight is 295 g/mol. The Bertz CT molecular complexity index is 547. The van der Waals surface area contributed by atoms with Gasteiger partial charge in [0.1, 0.15) is 0 Å². The van der Waals surface area contributed by atoms with Crippen LogP contribution in [0.1, 0.15) is 16.8 Å². The first kappa shape index (κ1) is 14.6. The summed E-state index contributed by atoms with van der Waals surface area (Å²) in [6.45, 7) is -0.269. The summed E-state index contributed by atoms with van der Waals surface area (Å²) in [5.74, 6) is -1.72. The number of hydrazine groups is 1. The van der Waals surface area contributed by atoms with E-state index in [2.05, 4.69) is 10.1 Å². The number of hydrogen-bond donors (Lipinski definition) is 1. The molecule has 1 aliphatic rings. The number of carboxylic acids is 1. The maximum atomic E-state index is 11.5. The zero-order chi connectivity index (χ0) is 15.2. The normalized spacial score (nSPS) is 17.8. The molecule has 0 bridgehead atoms. The second-order valence-electron chi connectivity index (χ2n) is 4.18. The number of ether oxygens (including phenoxy) is 1. The van der Waals surface area contributed by atoms with Crippen LogP contribution >= 0.6 is 0 Å². The summed E-state index contributed by atoms with van der Waals surface area (Å²) in [6, 6.07) is 7.34. The van der Waals surface area contributed by atoms with Crippen LogP contribution in [0.4, 0.5) is 0 Å². The highest BCUT2D eigenvalue weighted by atomic mass is 16.8. The van der Waals surface area contributed by atoms with Gasteiger partial charge in [-0.15, -0.1) is 5.01 Å². The lowest BCUT2D eigenvalue weighted by Crippen LogP contribution is -2.55. The second kappa shape index (κ2) is 6.55. The van der Waals surface area contributed by atoms with Crippen LogP contribution in [-0.2, 0) is 14.4 Å². The molecule has 21 heavy (non-hydrogen) atoms. The largest absolute Gasteiger partial charge is 0.569 e. The number of esters is 1. The van der Waals surface area contributed by atoms with E-state index in [1.807, 2.05) is 0 Å². The Labute approximate surface area is 119 Å². The summed E-state index contributed by atoms with van der Waals surface area (Å²) in [5, 5.41) is 24.2. The van der Waals surface area contributed by atoms with E-state index in [0.717, 1.165) is 5.01 Å². The van der Waals surface area contributed by atoms with Crippen LogP contribution in [0.15, 0.2) is 35.6 Å². The van der Waals surface area contributed by atoms with Gasteiger partial charge in [0, 0.05) is 6.42 Å². The molecule has 1 aromatic rings. The Balaban J connectivity index is 1.75. The van der Waals surface area contributed by atoms with Crippen LogP contribution in [0.5, 0.6) is 0 Å². The topological polar surface area (TPSA) is 114 Å². The molecule has 1 heterocycles. The minimum atomic E-state index is -1.10. The van der Waals surface area contributed by atoms with Gasteiger partial charge in [-0.1, -0.05) is 18.2 Å². The molecule has 1 N–H and O–H groups in total. The van der Waals surface area contributed by atoms with Gasteiger partial charge in [0.2, 0.25) is 5.28 Å². The van der Waals surface area contributed by atoms with E-state index < -0.39 is 24.8 Å². The lowest BCUT2D eigenvalue weighted by atomic mass is 10.1. The standard InChI is InChI=1S/C12H13N3O6/c16-11(17)10-6-7-14(10)15(19)13-21-8-20-12(18)9-4-2-1-3-5-9/h1-5,10H,6-8H2,(H,16,17)/b15-13-/t10-/m0/s1. The number of carboxylic acid groups (broad SMARTS) is 1. The van der Waals surface area contributed by atoms with Gasteiger partial charge < -0.3 is 19.9 Å². The Kier molecular flexibility index (Phi) is 4.54. The monoisotopic (exact) mass is 295 g/mol. The summed E-state index contributed by atoms with van der Waals surface area (Å²) < 4.78 is 4.73. The molecule has 1 fully saturated rings. The van der Waals surface area contributed by atoms with Gasteiger partial charge in [-0.3, -0.25) is 0 Å². The third-order valence-corrected chi connectivity index (χ3v) is 2.88. The number of carbonyl (C=O) groups is 2. The van der Waals surface area contributed by atoms with Crippen molar-refractivity contribution in [3.8, 4) is 0 Å². The molecule has 112 valence electrons. The molecule has 1 aliphatic heterocycles. The zero-order valence-corrected chi connectivity index (χ0v) is 10.9. The maximum Gasteiger partial charge on any atom is 0.341 e. The Morgan fingerprint density at radius 2 is 2.14 bits per heavy atom. The van der Waals surface area contributed by atoms with Gasteiger partial charge in [0.25, 0.3) is 6.79 Å². The molecule has 0 spiro atoms. The van der Waals surface area contributed by atoms with E-state index in [0.29, 0.717) is 12.0 Å². The van der Waals surface area contributed by atoms with E-state index in [-0.39, 0.29) is 11.5 Å². The van der Waals surface area contributed by atoms with E-state index in [9.17, 15) is 14.8 Å². The van der Waals surface area contributed by atoms with Crippen LogP contribution in [0.2, 0.25) is 0 Å². The van der Waals surface area contributed by atoms with Crippen LogP contribution in [0.3, 0.4) is 0 Å². The highest BCUT2D eigenvalue weighted by Crippen LogP contribution is 2.17. The zero-order valence-electron chi connectivity index (χ0n) is 10.9. The first-order valence-corrected chi connectivity index (χ1v) is 6.11. The SMILES string of the molecule is O=C(OCO/N=[N+](\[O-])N1CC[C@H]1C(=O)O)c1ccccc1. The fourth-order valence-corrected chi connectivity index (χ4v) is 1.69. The van der Waals surface area contributed by atoms with Crippen molar-refractivity contribution in [2.45, 2.75) is 12.5 Å². The molecule has 0 amide bonds. The molecule has 0 aliphatic carbocycles. The highest BCUT2D eigenvalue weighted by Gasteiger charge is 2.41. The number of benzene rings is 1. The quantitative estimate of drug-likeness (QED) is 0.206. The Morgan fingerprint density at radius 1 is 1.43 bits per heavy atom. The van der Waals surface area contributed by atoms with Gasteiger partial charge >= 0.3 is 11.9 Å². The number of nitrogens with zero attached hydrogens (tertiary/aromatic N) is 3. The Morgan fingerprint density at radius 3 is 2.71 bits per heavy atom. The molecule has 1 aromatic carbocycles. The van der Waals surface area contributed by atoms with Crippen molar-refractivity contribution in [2.75, 3.05) is 13.3 Å². The van der Waals surface area contributed by atoms with Crippen molar-refractivity contribution in [3.05, 3.63) is 41.1 Å². The van der Waals surface area contributed by atoms with Crippen LogP contribution < -0.4 is 0 Å². The number of hydrogen-bond acceptors (Lipinski definition) is 6. The molecule has 0 saturated carbocycles. The molecular formula is C12H13N3O6. The lowest BCUT2D eigenvalue weighted by Gasteiger charge is -2.31. The van der Waals surface area contributed by atoms with E-state index in [1.165, 1.54) is 0 Å². The van der Waals surface area contributed by atoms with Crippen LogP contribution in [0, 0.1) is 5.21 Å². The molecule has 0 aromatic heterocycles. The van der Waals surface area contributed by atoms with Crippen molar-refractivity contribution in [3.63, 3.8) is 0 Å². The fraction of sp³-hybridized carbons (Fsp3) is 0.333. The van der Waals surface area contributed by atoms with Crippen LogP contribution in [0.25, 0.3) is 0 Å². The summed E-state index contributed by atoms with van der Waals surface area (Å²) in [6.07, 6.45) is 0.368. The van der Waals surface area contributed by atoms with Gasteiger partial charge in [-0.2, -0.15) is 0 Å². The minimum absolute atomic E-state index is 0.0403. The molecule has 9 heteroatoms. The van der Waals surface area contributed by atoms with Gasteiger partial charge in [-0.05, 0) is 12.1 Å². The van der Waals surface area contributed by atoms with Gasteiger partial charge in [0.05, 0.1) is 17.1 Å². The van der Waals surface area contributed by atoms with Crippen molar-refractivity contribution in [1.29, 1.82) is 0 Å². The molecule has 0 radical (unpaired) electrons. The minimum Gasteiger partial charge on any atom is -0.569 e. The van der Waals surface area contributed by atoms with E-state index >= 15 is 0 Å². The third-order valence-electron chi connectivity index (χ3n) is 2.88. The third kappa shape index (κ3) is 3.59.